The van der Waals surface area contributed by atoms with E-state index in [9.17, 15) is 5.11 Å². The molecule has 0 bridgehead atoms. The molecule has 0 amide bonds. The fourth-order valence-corrected chi connectivity index (χ4v) is 4.75. The van der Waals surface area contributed by atoms with E-state index in [-0.39, 0.29) is 0 Å². The molecule has 2 N–H and O–H groups in total. The van der Waals surface area contributed by atoms with Crippen LogP contribution in [-0.2, 0) is 12.8 Å². The zero-order chi connectivity index (χ0) is 16.5. The minimum atomic E-state index is -0.550. The van der Waals surface area contributed by atoms with Crippen LogP contribution in [0.25, 0.3) is 10.2 Å². The van der Waals surface area contributed by atoms with Crippen molar-refractivity contribution in [2.45, 2.75) is 32.3 Å². The van der Waals surface area contributed by atoms with Crippen LogP contribution in [0.2, 0.25) is 0 Å². The van der Waals surface area contributed by atoms with Gasteiger partial charge in [-0.1, -0.05) is 37.3 Å². The van der Waals surface area contributed by atoms with Crippen molar-refractivity contribution in [2.75, 3.05) is 11.9 Å². The summed E-state index contributed by atoms with van der Waals surface area (Å²) in [5, 5.41) is 14.9. The van der Waals surface area contributed by atoms with Crippen LogP contribution in [0.3, 0.4) is 0 Å². The summed E-state index contributed by atoms with van der Waals surface area (Å²) >= 11 is 1.79. The SMILES string of the molecule is C[C@H]1CCc2c(sc3ncnc(NC[C@H](O)c4ccccc4)c23)C1. The van der Waals surface area contributed by atoms with E-state index in [0.717, 1.165) is 40.4 Å². The van der Waals surface area contributed by atoms with E-state index in [1.807, 2.05) is 30.3 Å². The molecule has 124 valence electrons. The number of aliphatic hydroxyl groups is 1. The van der Waals surface area contributed by atoms with Crippen LogP contribution in [0, 0.1) is 5.92 Å². The molecular formula is C19H21N3OS. The van der Waals surface area contributed by atoms with E-state index in [1.54, 1.807) is 17.7 Å². The highest BCUT2D eigenvalue weighted by atomic mass is 32.1. The molecular weight excluding hydrogens is 318 g/mol. The number of nitrogens with one attached hydrogen (secondary N) is 1. The van der Waals surface area contributed by atoms with E-state index < -0.39 is 6.10 Å². The van der Waals surface area contributed by atoms with Crippen molar-refractivity contribution in [1.29, 1.82) is 0 Å². The molecule has 0 saturated heterocycles. The third-order valence-electron chi connectivity index (χ3n) is 4.74. The number of hydrogen-bond donors (Lipinski definition) is 2. The fourth-order valence-electron chi connectivity index (χ4n) is 3.40. The van der Waals surface area contributed by atoms with Gasteiger partial charge in [-0.3, -0.25) is 0 Å². The smallest absolute Gasteiger partial charge is 0.138 e. The lowest BCUT2D eigenvalue weighted by molar-refractivity contribution is 0.191. The van der Waals surface area contributed by atoms with Gasteiger partial charge in [0.25, 0.3) is 0 Å². The second kappa shape index (κ2) is 6.49. The third-order valence-corrected chi connectivity index (χ3v) is 5.90. The Bertz CT molecular complexity index is 846. The largest absolute Gasteiger partial charge is 0.387 e. The average Bonchev–Trinajstić information content (AvgIpc) is 2.98. The summed E-state index contributed by atoms with van der Waals surface area (Å²) in [5.41, 5.74) is 2.32. The lowest BCUT2D eigenvalue weighted by atomic mass is 9.89. The number of thiophene rings is 1. The van der Waals surface area contributed by atoms with Crippen molar-refractivity contribution in [3.05, 3.63) is 52.7 Å². The van der Waals surface area contributed by atoms with Crippen LogP contribution < -0.4 is 5.32 Å². The Hall–Kier alpha value is -1.98. The number of aromatic nitrogens is 2. The molecule has 4 nitrogen and oxygen atoms in total. The molecule has 0 aliphatic heterocycles. The van der Waals surface area contributed by atoms with Gasteiger partial charge in [-0.05, 0) is 36.3 Å². The molecule has 2 aromatic heterocycles. The van der Waals surface area contributed by atoms with Gasteiger partial charge < -0.3 is 10.4 Å². The van der Waals surface area contributed by atoms with Crippen LogP contribution in [-0.4, -0.2) is 21.6 Å². The van der Waals surface area contributed by atoms with Crippen LogP contribution in [0.4, 0.5) is 5.82 Å². The summed E-state index contributed by atoms with van der Waals surface area (Å²) in [5.74, 6) is 1.59. The normalized spacial score (nSPS) is 18.3. The molecule has 5 heteroatoms. The van der Waals surface area contributed by atoms with Gasteiger partial charge in [0, 0.05) is 11.4 Å². The molecule has 0 unspecified atom stereocenters. The predicted molar refractivity (Wildman–Crippen MR) is 98.5 cm³/mol. The minimum absolute atomic E-state index is 0.442. The zero-order valence-corrected chi connectivity index (χ0v) is 14.5. The molecule has 0 spiro atoms. The van der Waals surface area contributed by atoms with Gasteiger partial charge in [0.2, 0.25) is 0 Å². The number of anilines is 1. The average molecular weight is 339 g/mol. The molecule has 4 rings (SSSR count). The highest BCUT2D eigenvalue weighted by molar-refractivity contribution is 7.19. The van der Waals surface area contributed by atoms with Gasteiger partial charge in [0.15, 0.2) is 0 Å². The molecule has 0 saturated carbocycles. The molecule has 3 aromatic rings. The number of aliphatic hydroxyl groups excluding tert-OH is 1. The van der Waals surface area contributed by atoms with Crippen molar-refractivity contribution in [3.63, 3.8) is 0 Å². The summed E-state index contributed by atoms with van der Waals surface area (Å²) in [4.78, 5) is 11.4. The molecule has 1 aliphatic rings. The molecule has 0 fully saturated rings. The molecule has 24 heavy (non-hydrogen) atoms. The monoisotopic (exact) mass is 339 g/mol. The summed E-state index contributed by atoms with van der Waals surface area (Å²) in [7, 11) is 0. The van der Waals surface area contributed by atoms with E-state index in [4.69, 9.17) is 0 Å². The molecule has 2 heterocycles. The van der Waals surface area contributed by atoms with E-state index >= 15 is 0 Å². The first-order valence-corrected chi connectivity index (χ1v) is 9.26. The Labute approximate surface area is 145 Å². The second-order valence-electron chi connectivity index (χ2n) is 6.56. The van der Waals surface area contributed by atoms with Crippen LogP contribution in [0.1, 0.15) is 35.5 Å². The van der Waals surface area contributed by atoms with E-state index in [1.165, 1.54) is 16.9 Å². The van der Waals surface area contributed by atoms with Gasteiger partial charge in [-0.25, -0.2) is 9.97 Å². The van der Waals surface area contributed by atoms with Crippen LogP contribution >= 0.6 is 11.3 Å². The number of benzene rings is 1. The fraction of sp³-hybridized carbons (Fsp3) is 0.368. The maximum Gasteiger partial charge on any atom is 0.138 e. The van der Waals surface area contributed by atoms with Crippen LogP contribution in [0.5, 0.6) is 0 Å². The number of aryl methyl sites for hydroxylation is 1. The van der Waals surface area contributed by atoms with Gasteiger partial charge in [-0.2, -0.15) is 0 Å². The maximum absolute atomic E-state index is 10.4. The maximum atomic E-state index is 10.4. The Kier molecular flexibility index (Phi) is 4.21. The third kappa shape index (κ3) is 2.89. The Morgan fingerprint density at radius 2 is 2.12 bits per heavy atom. The number of hydrogen-bond acceptors (Lipinski definition) is 5. The van der Waals surface area contributed by atoms with Gasteiger partial charge in [0.05, 0.1) is 11.5 Å². The van der Waals surface area contributed by atoms with E-state index in [0.29, 0.717) is 6.54 Å². The lowest BCUT2D eigenvalue weighted by Gasteiger charge is -2.18. The number of fused-ring (bicyclic) bond motifs is 3. The highest BCUT2D eigenvalue weighted by Gasteiger charge is 2.23. The lowest BCUT2D eigenvalue weighted by Crippen LogP contribution is -2.14. The Balaban J connectivity index is 1.60. The first-order valence-electron chi connectivity index (χ1n) is 8.44. The number of rotatable bonds is 4. The van der Waals surface area contributed by atoms with Crippen molar-refractivity contribution >= 4 is 27.4 Å². The van der Waals surface area contributed by atoms with Crippen LogP contribution in [0.15, 0.2) is 36.7 Å². The Morgan fingerprint density at radius 1 is 1.29 bits per heavy atom. The van der Waals surface area contributed by atoms with Crippen molar-refractivity contribution in [3.8, 4) is 0 Å². The first-order chi connectivity index (χ1) is 11.7. The summed E-state index contributed by atoms with van der Waals surface area (Å²) in [6.07, 6.45) is 4.53. The van der Waals surface area contributed by atoms with Gasteiger partial charge >= 0.3 is 0 Å². The zero-order valence-electron chi connectivity index (χ0n) is 13.7. The first kappa shape index (κ1) is 15.5. The molecule has 0 radical (unpaired) electrons. The van der Waals surface area contributed by atoms with Crippen molar-refractivity contribution < 1.29 is 5.11 Å². The minimum Gasteiger partial charge on any atom is -0.387 e. The van der Waals surface area contributed by atoms with Crippen molar-refractivity contribution in [2.24, 2.45) is 5.92 Å². The van der Waals surface area contributed by atoms with Gasteiger partial charge in [0.1, 0.15) is 17.0 Å². The topological polar surface area (TPSA) is 58.0 Å². The highest BCUT2D eigenvalue weighted by Crippen LogP contribution is 2.39. The molecule has 2 atom stereocenters. The number of nitrogens with zero attached hydrogens (tertiary/aromatic N) is 2. The quantitative estimate of drug-likeness (QED) is 0.755. The van der Waals surface area contributed by atoms with Crippen molar-refractivity contribution in [1.82, 2.24) is 9.97 Å². The standard InChI is InChI=1S/C19H21N3OS/c1-12-7-8-14-16(9-12)24-19-17(14)18(21-11-22-19)20-10-15(23)13-5-3-2-4-6-13/h2-6,11-12,15,23H,7-10H2,1H3,(H,20,21,22)/t12-,15-/m0/s1. The Morgan fingerprint density at radius 3 is 2.96 bits per heavy atom. The van der Waals surface area contributed by atoms with E-state index in [2.05, 4.69) is 22.2 Å². The summed E-state index contributed by atoms with van der Waals surface area (Å²) in [6.45, 7) is 2.76. The second-order valence-corrected chi connectivity index (χ2v) is 7.65. The summed E-state index contributed by atoms with van der Waals surface area (Å²) < 4.78 is 0. The molecule has 1 aromatic carbocycles. The summed E-state index contributed by atoms with van der Waals surface area (Å²) in [6, 6.07) is 9.72. The van der Waals surface area contributed by atoms with Gasteiger partial charge in [-0.15, -0.1) is 11.3 Å². The predicted octanol–water partition coefficient (Wildman–Crippen LogP) is 3.96. The molecule has 1 aliphatic carbocycles.